The van der Waals surface area contributed by atoms with Crippen molar-refractivity contribution in [3.05, 3.63) is 21.9 Å². The molecule has 0 atom stereocenters. The van der Waals surface area contributed by atoms with Crippen molar-refractivity contribution >= 4 is 11.3 Å². The molecule has 0 aromatic carbocycles. The molecule has 1 rings (SSSR count). The fraction of sp³-hybridized carbons (Fsp3) is 0.733. The van der Waals surface area contributed by atoms with E-state index in [0.717, 1.165) is 0 Å². The summed E-state index contributed by atoms with van der Waals surface area (Å²) in [6.07, 6.45) is 12.6. The van der Waals surface area contributed by atoms with E-state index < -0.39 is 0 Å². The lowest BCUT2D eigenvalue weighted by molar-refractivity contribution is 0.575. The number of thiophene rings is 1. The highest BCUT2D eigenvalue weighted by Gasteiger charge is 1.96. The molecule has 1 heterocycles. The Bertz CT molecular complexity index is 262. The van der Waals surface area contributed by atoms with Crippen LogP contribution in [0.1, 0.15) is 68.7 Å². The van der Waals surface area contributed by atoms with Crippen LogP contribution >= 0.6 is 11.3 Å². The number of hydrogen-bond acceptors (Lipinski definition) is 1. The third kappa shape index (κ3) is 6.32. The Kier molecular flexibility index (Phi) is 7.58. The summed E-state index contributed by atoms with van der Waals surface area (Å²) in [5, 5.41) is 2.32. The van der Waals surface area contributed by atoms with Crippen LogP contribution in [0.3, 0.4) is 0 Å². The molecule has 0 saturated heterocycles. The SMILES string of the molecule is CCCCCCCCCCc1csc(C)c1. The average Bonchev–Trinajstić information content (AvgIpc) is 2.68. The zero-order valence-electron chi connectivity index (χ0n) is 10.9. The molecule has 1 heteroatoms. The Morgan fingerprint density at radius 1 is 0.938 bits per heavy atom. The van der Waals surface area contributed by atoms with Gasteiger partial charge in [0.1, 0.15) is 0 Å². The number of hydrogen-bond donors (Lipinski definition) is 0. The van der Waals surface area contributed by atoms with Crippen molar-refractivity contribution in [2.24, 2.45) is 0 Å². The molecule has 0 aliphatic heterocycles. The van der Waals surface area contributed by atoms with Gasteiger partial charge in [0.05, 0.1) is 0 Å². The first kappa shape index (κ1) is 13.8. The van der Waals surface area contributed by atoms with Crippen LogP contribution in [0.25, 0.3) is 0 Å². The van der Waals surface area contributed by atoms with Gasteiger partial charge in [-0.2, -0.15) is 0 Å². The van der Waals surface area contributed by atoms with E-state index >= 15 is 0 Å². The molecule has 0 nitrogen and oxygen atoms in total. The van der Waals surface area contributed by atoms with Crippen LogP contribution < -0.4 is 0 Å². The van der Waals surface area contributed by atoms with E-state index in [9.17, 15) is 0 Å². The molecule has 1 aromatic heterocycles. The molecule has 0 fully saturated rings. The molecule has 16 heavy (non-hydrogen) atoms. The first-order valence-electron chi connectivity index (χ1n) is 6.87. The minimum absolute atomic E-state index is 1.29. The Balaban J connectivity index is 1.88. The van der Waals surface area contributed by atoms with E-state index in [4.69, 9.17) is 0 Å². The van der Waals surface area contributed by atoms with Crippen LogP contribution in [0, 0.1) is 6.92 Å². The van der Waals surface area contributed by atoms with Crippen molar-refractivity contribution in [3.63, 3.8) is 0 Å². The van der Waals surface area contributed by atoms with E-state index in [2.05, 4.69) is 25.3 Å². The maximum Gasteiger partial charge on any atom is 0.00170 e. The van der Waals surface area contributed by atoms with Crippen molar-refractivity contribution in [2.75, 3.05) is 0 Å². The van der Waals surface area contributed by atoms with Crippen molar-refractivity contribution in [3.8, 4) is 0 Å². The monoisotopic (exact) mass is 238 g/mol. The first-order valence-corrected chi connectivity index (χ1v) is 7.75. The second-order valence-electron chi connectivity index (χ2n) is 4.79. The summed E-state index contributed by atoms with van der Waals surface area (Å²) in [6, 6.07) is 2.34. The summed E-state index contributed by atoms with van der Waals surface area (Å²) in [5.41, 5.74) is 1.55. The third-order valence-electron chi connectivity index (χ3n) is 3.10. The highest BCUT2D eigenvalue weighted by molar-refractivity contribution is 7.10. The maximum absolute atomic E-state index is 2.34. The second-order valence-corrected chi connectivity index (χ2v) is 5.91. The van der Waals surface area contributed by atoms with Gasteiger partial charge in [-0.25, -0.2) is 0 Å². The molecular formula is C15H26S. The Morgan fingerprint density at radius 3 is 2.12 bits per heavy atom. The van der Waals surface area contributed by atoms with Gasteiger partial charge in [-0.15, -0.1) is 11.3 Å². The molecule has 0 spiro atoms. The summed E-state index contributed by atoms with van der Waals surface area (Å²) in [6.45, 7) is 4.48. The van der Waals surface area contributed by atoms with Gasteiger partial charge in [-0.05, 0) is 36.8 Å². The van der Waals surface area contributed by atoms with E-state index in [1.165, 1.54) is 62.7 Å². The van der Waals surface area contributed by atoms with Crippen LogP contribution in [0.4, 0.5) is 0 Å². The molecule has 0 aliphatic rings. The molecule has 1 aromatic rings. The van der Waals surface area contributed by atoms with Gasteiger partial charge in [-0.1, -0.05) is 51.9 Å². The van der Waals surface area contributed by atoms with Crippen LogP contribution in [0.2, 0.25) is 0 Å². The maximum atomic E-state index is 2.34. The lowest BCUT2D eigenvalue weighted by Gasteiger charge is -2.00. The van der Waals surface area contributed by atoms with Gasteiger partial charge in [0.15, 0.2) is 0 Å². The summed E-state index contributed by atoms with van der Waals surface area (Å²) in [7, 11) is 0. The van der Waals surface area contributed by atoms with E-state index in [0.29, 0.717) is 0 Å². The zero-order chi connectivity index (χ0) is 11.6. The Hall–Kier alpha value is -0.300. The van der Waals surface area contributed by atoms with Gasteiger partial charge in [0, 0.05) is 4.88 Å². The second kappa shape index (κ2) is 8.81. The fourth-order valence-electron chi connectivity index (χ4n) is 2.09. The number of unbranched alkanes of at least 4 members (excludes halogenated alkanes) is 7. The fourth-order valence-corrected chi connectivity index (χ4v) is 2.83. The van der Waals surface area contributed by atoms with Crippen LogP contribution in [-0.2, 0) is 6.42 Å². The average molecular weight is 238 g/mol. The summed E-state index contributed by atoms with van der Waals surface area (Å²) in [5.74, 6) is 0. The normalized spacial score (nSPS) is 10.9. The number of rotatable bonds is 9. The molecule has 0 aliphatic carbocycles. The standard InChI is InChI=1S/C15H26S/c1-3-4-5-6-7-8-9-10-11-15-12-14(2)16-13-15/h12-13H,3-11H2,1-2H3. The molecule has 0 unspecified atom stereocenters. The van der Waals surface area contributed by atoms with Gasteiger partial charge in [0.2, 0.25) is 0 Å². The lowest BCUT2D eigenvalue weighted by Crippen LogP contribution is -1.84. The summed E-state index contributed by atoms with van der Waals surface area (Å²) >= 11 is 1.88. The van der Waals surface area contributed by atoms with Gasteiger partial charge < -0.3 is 0 Å². The minimum atomic E-state index is 1.29. The molecule has 0 bridgehead atoms. The van der Waals surface area contributed by atoms with Crippen molar-refractivity contribution in [2.45, 2.75) is 71.6 Å². The van der Waals surface area contributed by atoms with Gasteiger partial charge >= 0.3 is 0 Å². The van der Waals surface area contributed by atoms with Crippen molar-refractivity contribution in [1.82, 2.24) is 0 Å². The van der Waals surface area contributed by atoms with E-state index in [-0.39, 0.29) is 0 Å². The molecule has 0 amide bonds. The molecular weight excluding hydrogens is 212 g/mol. The molecule has 0 radical (unpaired) electrons. The summed E-state index contributed by atoms with van der Waals surface area (Å²) < 4.78 is 0. The Morgan fingerprint density at radius 2 is 1.56 bits per heavy atom. The molecule has 0 saturated carbocycles. The lowest BCUT2D eigenvalue weighted by atomic mass is 10.1. The minimum Gasteiger partial charge on any atom is -0.149 e. The largest absolute Gasteiger partial charge is 0.149 e. The van der Waals surface area contributed by atoms with Crippen molar-refractivity contribution < 1.29 is 0 Å². The smallest absolute Gasteiger partial charge is 0.00170 e. The highest BCUT2D eigenvalue weighted by atomic mass is 32.1. The quantitative estimate of drug-likeness (QED) is 0.481. The van der Waals surface area contributed by atoms with Gasteiger partial charge in [-0.3, -0.25) is 0 Å². The first-order chi connectivity index (χ1) is 7.83. The summed E-state index contributed by atoms with van der Waals surface area (Å²) in [4.78, 5) is 1.45. The van der Waals surface area contributed by atoms with Gasteiger partial charge in [0.25, 0.3) is 0 Å². The van der Waals surface area contributed by atoms with Crippen LogP contribution in [-0.4, -0.2) is 0 Å². The third-order valence-corrected chi connectivity index (χ3v) is 4.01. The van der Waals surface area contributed by atoms with Crippen molar-refractivity contribution in [1.29, 1.82) is 0 Å². The molecule has 0 N–H and O–H groups in total. The molecule has 92 valence electrons. The van der Waals surface area contributed by atoms with E-state index in [1.54, 1.807) is 5.56 Å². The predicted octanol–water partition coefficient (Wildman–Crippen LogP) is 5.74. The topological polar surface area (TPSA) is 0 Å². The Labute approximate surface area is 105 Å². The zero-order valence-corrected chi connectivity index (χ0v) is 11.7. The van der Waals surface area contributed by atoms with E-state index in [1.807, 2.05) is 11.3 Å². The predicted molar refractivity (Wildman–Crippen MR) is 75.4 cm³/mol. The van der Waals surface area contributed by atoms with Crippen LogP contribution in [0.5, 0.6) is 0 Å². The van der Waals surface area contributed by atoms with Crippen LogP contribution in [0.15, 0.2) is 11.4 Å². The highest BCUT2D eigenvalue weighted by Crippen LogP contribution is 2.16. The number of aryl methyl sites for hydroxylation is 2.